The summed E-state index contributed by atoms with van der Waals surface area (Å²) in [5, 5.41) is 8.16. The van der Waals surface area contributed by atoms with E-state index in [0.29, 0.717) is 22.8 Å². The fraction of sp³-hybridized carbons (Fsp3) is 0.360. The summed E-state index contributed by atoms with van der Waals surface area (Å²) in [6, 6.07) is 5.50. The third kappa shape index (κ3) is 3.92. The summed E-state index contributed by atoms with van der Waals surface area (Å²) in [7, 11) is 3.21. The first-order valence-electron chi connectivity index (χ1n) is 11.1. The number of nitrogens with one attached hydrogen (secondary N) is 1. The Balaban J connectivity index is 1.42. The van der Waals surface area contributed by atoms with E-state index in [9.17, 15) is 4.79 Å². The number of rotatable bonds is 4. The highest BCUT2D eigenvalue weighted by Gasteiger charge is 2.47. The molecule has 1 amide bonds. The molecule has 3 aromatic rings. The van der Waals surface area contributed by atoms with E-state index in [1.165, 1.54) is 6.08 Å². The number of anilines is 1. The van der Waals surface area contributed by atoms with Gasteiger partial charge < -0.3 is 19.3 Å². The first-order valence-corrected chi connectivity index (χ1v) is 11.1. The number of nitrogens with zero attached hydrogens (tertiary/aromatic N) is 5. The van der Waals surface area contributed by atoms with E-state index < -0.39 is 0 Å². The van der Waals surface area contributed by atoms with E-state index in [4.69, 9.17) is 9.47 Å². The zero-order valence-corrected chi connectivity index (χ0v) is 19.3. The van der Waals surface area contributed by atoms with Crippen LogP contribution in [0.4, 0.5) is 5.82 Å². The highest BCUT2D eigenvalue weighted by Crippen LogP contribution is 2.42. The van der Waals surface area contributed by atoms with Crippen LogP contribution in [0.25, 0.3) is 11.0 Å². The number of hydrogen-bond acceptors (Lipinski definition) is 7. The highest BCUT2D eigenvalue weighted by atomic mass is 16.5. The Morgan fingerprint density at radius 1 is 1.15 bits per heavy atom. The molecule has 9 nitrogen and oxygen atoms in total. The van der Waals surface area contributed by atoms with Gasteiger partial charge in [0, 0.05) is 43.2 Å². The van der Waals surface area contributed by atoms with Crippen molar-refractivity contribution in [2.45, 2.75) is 12.8 Å². The van der Waals surface area contributed by atoms with Crippen LogP contribution in [0.3, 0.4) is 0 Å². The van der Waals surface area contributed by atoms with Gasteiger partial charge in [0.2, 0.25) is 5.91 Å². The number of likely N-dealkylation sites (tertiary alicyclic amines) is 1. The van der Waals surface area contributed by atoms with Crippen molar-refractivity contribution in [3.05, 3.63) is 48.4 Å². The smallest absolute Gasteiger partial charge is 0.245 e. The minimum Gasteiger partial charge on any atom is -0.497 e. The molecular weight excluding hydrogens is 432 g/mol. The van der Waals surface area contributed by atoms with Crippen LogP contribution < -0.4 is 14.4 Å². The number of amides is 1. The lowest BCUT2D eigenvalue weighted by Crippen LogP contribution is -2.63. The van der Waals surface area contributed by atoms with Crippen LogP contribution in [0.15, 0.2) is 37.2 Å². The minimum atomic E-state index is 0.00326. The average molecular weight is 459 g/mol. The van der Waals surface area contributed by atoms with Gasteiger partial charge in [0.05, 0.1) is 19.6 Å². The monoisotopic (exact) mass is 458 g/mol. The first kappa shape index (κ1) is 21.8. The molecule has 2 aromatic heterocycles. The predicted molar refractivity (Wildman–Crippen MR) is 128 cm³/mol. The molecule has 0 unspecified atom stereocenters. The maximum absolute atomic E-state index is 12.1. The Labute approximate surface area is 197 Å². The molecule has 0 saturated carbocycles. The van der Waals surface area contributed by atoms with Crippen LogP contribution in [0.1, 0.15) is 24.1 Å². The Bertz CT molecular complexity index is 1290. The second-order valence-electron chi connectivity index (χ2n) is 8.77. The van der Waals surface area contributed by atoms with Gasteiger partial charge in [-0.25, -0.2) is 9.97 Å². The topological polar surface area (TPSA) is 96.5 Å². The van der Waals surface area contributed by atoms with E-state index >= 15 is 0 Å². The van der Waals surface area contributed by atoms with Crippen molar-refractivity contribution in [1.29, 1.82) is 0 Å². The van der Waals surface area contributed by atoms with Crippen molar-refractivity contribution in [2.75, 3.05) is 45.3 Å². The van der Waals surface area contributed by atoms with Crippen molar-refractivity contribution < 1.29 is 14.3 Å². The van der Waals surface area contributed by atoms with Crippen molar-refractivity contribution in [3.8, 4) is 23.3 Å². The first-order chi connectivity index (χ1) is 16.5. The second kappa shape index (κ2) is 8.71. The molecule has 2 saturated heterocycles. The molecule has 2 aliphatic rings. The maximum atomic E-state index is 12.1. The molecule has 0 aliphatic carbocycles. The molecule has 1 aromatic carbocycles. The van der Waals surface area contributed by atoms with Crippen molar-refractivity contribution >= 4 is 22.8 Å². The standard InChI is InChI=1S/C25H26N6O3/c1-4-21(32)30-9-5-8-25(13-30)14-31(15-25)24-22-20(28-29-23(22)26-16-27-24)7-6-17-10-18(33-2)12-19(11-17)34-3/h4,10-12,16H,1,5,8-9,13-15H2,2-3H3,(H,26,27,28,29). The van der Waals surface area contributed by atoms with Gasteiger partial charge in [-0.2, -0.15) is 5.10 Å². The number of fused-ring (bicyclic) bond motifs is 1. The molecule has 1 N–H and O–H groups in total. The van der Waals surface area contributed by atoms with Gasteiger partial charge in [0.25, 0.3) is 0 Å². The van der Waals surface area contributed by atoms with Gasteiger partial charge in [-0.15, -0.1) is 0 Å². The Kier molecular flexibility index (Phi) is 5.57. The average Bonchev–Trinajstić information content (AvgIpc) is 3.28. The Morgan fingerprint density at radius 2 is 1.91 bits per heavy atom. The van der Waals surface area contributed by atoms with Gasteiger partial charge in [-0.1, -0.05) is 12.5 Å². The molecular formula is C25H26N6O3. The number of hydrogen-bond donors (Lipinski definition) is 1. The fourth-order valence-corrected chi connectivity index (χ4v) is 4.88. The number of aromatic amines is 1. The van der Waals surface area contributed by atoms with Crippen LogP contribution in [0.5, 0.6) is 11.5 Å². The van der Waals surface area contributed by atoms with Crippen molar-refractivity contribution in [3.63, 3.8) is 0 Å². The van der Waals surface area contributed by atoms with Crippen molar-refractivity contribution in [1.82, 2.24) is 25.1 Å². The van der Waals surface area contributed by atoms with Gasteiger partial charge in [0.1, 0.15) is 29.3 Å². The van der Waals surface area contributed by atoms with Crippen molar-refractivity contribution in [2.24, 2.45) is 5.41 Å². The molecule has 34 heavy (non-hydrogen) atoms. The van der Waals surface area contributed by atoms with E-state index in [1.54, 1.807) is 26.6 Å². The summed E-state index contributed by atoms with van der Waals surface area (Å²) in [6.07, 6.45) is 5.03. The molecule has 5 rings (SSSR count). The van der Waals surface area contributed by atoms with E-state index in [-0.39, 0.29) is 11.3 Å². The minimum absolute atomic E-state index is 0.00326. The number of piperidine rings is 1. The summed E-state index contributed by atoms with van der Waals surface area (Å²) in [6.45, 7) is 6.82. The summed E-state index contributed by atoms with van der Waals surface area (Å²) in [5.74, 6) is 8.46. The molecule has 2 aliphatic heterocycles. The summed E-state index contributed by atoms with van der Waals surface area (Å²) in [4.78, 5) is 25.2. The Hall–Kier alpha value is -4.06. The number of carbonyl (C=O) groups excluding carboxylic acids is 1. The van der Waals surface area contributed by atoms with Gasteiger partial charge in [0.15, 0.2) is 5.65 Å². The van der Waals surface area contributed by atoms with Gasteiger partial charge in [-0.3, -0.25) is 9.89 Å². The van der Waals surface area contributed by atoms with E-state index in [1.807, 2.05) is 17.0 Å². The predicted octanol–water partition coefficient (Wildman–Crippen LogP) is 2.38. The molecule has 0 atom stereocenters. The van der Waals surface area contributed by atoms with Gasteiger partial charge >= 0.3 is 0 Å². The fourth-order valence-electron chi connectivity index (χ4n) is 4.88. The largest absolute Gasteiger partial charge is 0.497 e. The number of aromatic nitrogens is 4. The third-order valence-electron chi connectivity index (χ3n) is 6.51. The van der Waals surface area contributed by atoms with E-state index in [2.05, 4.69) is 43.5 Å². The molecule has 1 spiro atoms. The molecule has 4 heterocycles. The van der Waals surface area contributed by atoms with Crippen LogP contribution in [0.2, 0.25) is 0 Å². The van der Waals surface area contributed by atoms with Crippen LogP contribution >= 0.6 is 0 Å². The highest BCUT2D eigenvalue weighted by molar-refractivity contribution is 5.92. The zero-order chi connectivity index (χ0) is 23.7. The number of H-pyrrole nitrogens is 1. The summed E-state index contributed by atoms with van der Waals surface area (Å²) in [5.41, 5.74) is 2.06. The van der Waals surface area contributed by atoms with Crippen LogP contribution in [0, 0.1) is 17.3 Å². The molecule has 9 heteroatoms. The lowest BCUT2D eigenvalue weighted by atomic mass is 9.73. The number of benzene rings is 1. The molecule has 2 fully saturated rings. The lowest BCUT2D eigenvalue weighted by molar-refractivity contribution is -0.130. The second-order valence-corrected chi connectivity index (χ2v) is 8.77. The van der Waals surface area contributed by atoms with Crippen LogP contribution in [-0.2, 0) is 4.79 Å². The normalized spacial score (nSPS) is 16.5. The third-order valence-corrected chi connectivity index (χ3v) is 6.51. The summed E-state index contributed by atoms with van der Waals surface area (Å²) < 4.78 is 10.7. The number of methoxy groups -OCH3 is 2. The SMILES string of the molecule is C=CC(=O)N1CCCC2(C1)CN(c1ncnc3[nH]nc(C#Cc4cc(OC)cc(OC)c4)c13)C2. The zero-order valence-electron chi connectivity index (χ0n) is 19.3. The maximum Gasteiger partial charge on any atom is 0.245 e. The summed E-state index contributed by atoms with van der Waals surface area (Å²) >= 11 is 0. The van der Waals surface area contributed by atoms with E-state index in [0.717, 1.165) is 55.8 Å². The lowest BCUT2D eigenvalue weighted by Gasteiger charge is -2.55. The number of carbonyl (C=O) groups is 1. The van der Waals surface area contributed by atoms with Crippen LogP contribution in [-0.4, -0.2) is 71.4 Å². The Morgan fingerprint density at radius 3 is 2.62 bits per heavy atom. The number of ether oxygens (including phenoxy) is 2. The quantitative estimate of drug-likeness (QED) is 0.474. The molecule has 0 radical (unpaired) electrons. The van der Waals surface area contributed by atoms with Gasteiger partial charge in [-0.05, 0) is 37.0 Å². The molecule has 174 valence electrons. The molecule has 0 bridgehead atoms.